The minimum Gasteiger partial charge on any atom is -0.467 e. The highest BCUT2D eigenvalue weighted by atomic mass is 35.5. The van der Waals surface area contributed by atoms with Gasteiger partial charge in [0.2, 0.25) is 0 Å². The molecule has 1 N–H and O–H groups in total. The molecule has 0 bridgehead atoms. The lowest BCUT2D eigenvalue weighted by Crippen LogP contribution is -2.44. The molecular formula is C21H26Cl2N2OS. The molecule has 1 aromatic carbocycles. The van der Waals surface area contributed by atoms with E-state index in [1.807, 2.05) is 24.3 Å². The molecule has 3 nitrogen and oxygen atoms in total. The summed E-state index contributed by atoms with van der Waals surface area (Å²) < 4.78 is 5.54. The van der Waals surface area contributed by atoms with Gasteiger partial charge in [0.05, 0.1) is 12.8 Å². The lowest BCUT2D eigenvalue weighted by atomic mass is 9.97. The van der Waals surface area contributed by atoms with Gasteiger partial charge in [-0.05, 0) is 54.9 Å². The van der Waals surface area contributed by atoms with Crippen molar-refractivity contribution in [3.63, 3.8) is 0 Å². The second-order valence-corrected chi connectivity index (χ2v) is 8.39. The van der Waals surface area contributed by atoms with E-state index in [0.717, 1.165) is 16.4 Å². The van der Waals surface area contributed by atoms with E-state index in [-0.39, 0.29) is 0 Å². The maximum Gasteiger partial charge on any atom is 0.169 e. The molecule has 0 spiro atoms. The van der Waals surface area contributed by atoms with E-state index in [2.05, 4.69) is 10.2 Å². The normalized spacial score (nSPS) is 15.8. The van der Waals surface area contributed by atoms with Crippen LogP contribution in [0.4, 0.5) is 0 Å². The molecule has 3 rings (SSSR count). The monoisotopic (exact) mass is 424 g/mol. The zero-order chi connectivity index (χ0) is 19.1. The summed E-state index contributed by atoms with van der Waals surface area (Å²) in [5.41, 5.74) is 0.995. The van der Waals surface area contributed by atoms with Crippen LogP contribution in [0.2, 0.25) is 10.0 Å². The summed E-state index contributed by atoms with van der Waals surface area (Å²) in [6.07, 6.45) is 10.6. The number of hydrogen-bond donors (Lipinski definition) is 1. The lowest BCUT2D eigenvalue weighted by molar-refractivity contribution is 0.338. The van der Waals surface area contributed by atoms with E-state index >= 15 is 0 Å². The van der Waals surface area contributed by atoms with Crippen LogP contribution < -0.4 is 5.32 Å². The number of rotatable bonds is 5. The van der Waals surface area contributed by atoms with E-state index in [4.69, 9.17) is 39.8 Å². The molecule has 27 heavy (non-hydrogen) atoms. The van der Waals surface area contributed by atoms with E-state index in [9.17, 15) is 0 Å². The Hall–Kier alpha value is -1.23. The largest absolute Gasteiger partial charge is 0.467 e. The van der Waals surface area contributed by atoms with E-state index < -0.39 is 0 Å². The standard InChI is InChI=1S/C21H26Cl2N2OS/c22-17-11-10-16(20(23)13-17)14-25(15-19-9-6-12-26-19)21(27)24-18-7-4-2-1-3-5-8-18/h6,9-13,18H,1-5,7-8,14-15H2,(H,24,27). The third kappa shape index (κ3) is 6.41. The molecule has 0 amide bonds. The highest BCUT2D eigenvalue weighted by molar-refractivity contribution is 7.80. The fraction of sp³-hybridized carbons (Fsp3) is 0.476. The molecule has 1 fully saturated rings. The predicted molar refractivity (Wildman–Crippen MR) is 116 cm³/mol. The summed E-state index contributed by atoms with van der Waals surface area (Å²) in [7, 11) is 0. The van der Waals surface area contributed by atoms with Gasteiger partial charge in [-0.25, -0.2) is 0 Å². The SMILES string of the molecule is S=C(NC1CCCCCCC1)N(Cc1ccco1)Cc1ccc(Cl)cc1Cl. The molecule has 0 aliphatic heterocycles. The van der Waals surface area contributed by atoms with Crippen LogP contribution in [0.5, 0.6) is 0 Å². The highest BCUT2D eigenvalue weighted by Crippen LogP contribution is 2.24. The van der Waals surface area contributed by atoms with Gasteiger partial charge in [0.1, 0.15) is 5.76 Å². The van der Waals surface area contributed by atoms with Crippen LogP contribution >= 0.6 is 35.4 Å². The molecule has 1 heterocycles. The number of thiocarbonyl (C=S) groups is 1. The van der Waals surface area contributed by atoms with E-state index in [0.29, 0.717) is 29.2 Å². The van der Waals surface area contributed by atoms with Gasteiger partial charge in [-0.1, -0.05) is 61.4 Å². The van der Waals surface area contributed by atoms with Crippen LogP contribution in [0.1, 0.15) is 56.3 Å². The van der Waals surface area contributed by atoms with Crippen molar-refractivity contribution >= 4 is 40.5 Å². The molecule has 2 aromatic rings. The highest BCUT2D eigenvalue weighted by Gasteiger charge is 2.18. The Morgan fingerprint density at radius 3 is 2.48 bits per heavy atom. The van der Waals surface area contributed by atoms with Gasteiger partial charge in [0, 0.05) is 22.6 Å². The second kappa shape index (κ2) is 10.4. The Balaban J connectivity index is 1.70. The average Bonchev–Trinajstić information content (AvgIpc) is 3.12. The smallest absolute Gasteiger partial charge is 0.169 e. The summed E-state index contributed by atoms with van der Waals surface area (Å²) in [6, 6.07) is 9.90. The third-order valence-electron chi connectivity index (χ3n) is 5.02. The Morgan fingerprint density at radius 2 is 1.81 bits per heavy atom. The predicted octanol–water partition coefficient (Wildman–Crippen LogP) is 6.58. The molecule has 0 saturated heterocycles. The molecule has 0 unspecified atom stereocenters. The summed E-state index contributed by atoms with van der Waals surface area (Å²) in [4.78, 5) is 2.11. The molecule has 1 saturated carbocycles. The lowest BCUT2D eigenvalue weighted by Gasteiger charge is -2.30. The summed E-state index contributed by atoms with van der Waals surface area (Å²) in [5.74, 6) is 0.877. The number of nitrogens with zero attached hydrogens (tertiary/aromatic N) is 1. The summed E-state index contributed by atoms with van der Waals surface area (Å²) >= 11 is 18.2. The second-order valence-electron chi connectivity index (χ2n) is 7.16. The number of benzene rings is 1. The summed E-state index contributed by atoms with van der Waals surface area (Å²) in [5, 5.41) is 5.64. The zero-order valence-electron chi connectivity index (χ0n) is 15.4. The molecule has 6 heteroatoms. The van der Waals surface area contributed by atoms with Crippen molar-refractivity contribution in [1.29, 1.82) is 0 Å². The first kappa shape index (κ1) is 20.5. The Kier molecular flexibility index (Phi) is 7.86. The number of halogens is 2. The van der Waals surface area contributed by atoms with Crippen molar-refractivity contribution in [3.8, 4) is 0 Å². The van der Waals surface area contributed by atoms with Crippen molar-refractivity contribution in [1.82, 2.24) is 10.2 Å². The quantitative estimate of drug-likeness (QED) is 0.548. The topological polar surface area (TPSA) is 28.4 Å². The van der Waals surface area contributed by atoms with Gasteiger partial charge in [-0.15, -0.1) is 0 Å². The van der Waals surface area contributed by atoms with Crippen LogP contribution in [0.3, 0.4) is 0 Å². The fourth-order valence-electron chi connectivity index (χ4n) is 3.51. The molecule has 1 aromatic heterocycles. The maximum atomic E-state index is 6.39. The van der Waals surface area contributed by atoms with Crippen molar-refractivity contribution in [3.05, 3.63) is 58.0 Å². The number of nitrogens with one attached hydrogen (secondary N) is 1. The van der Waals surface area contributed by atoms with Crippen LogP contribution in [0.15, 0.2) is 41.0 Å². The van der Waals surface area contributed by atoms with Gasteiger partial charge in [0.15, 0.2) is 5.11 Å². The van der Waals surface area contributed by atoms with Gasteiger partial charge in [0.25, 0.3) is 0 Å². The minimum atomic E-state index is 0.442. The maximum absolute atomic E-state index is 6.39. The van der Waals surface area contributed by atoms with Crippen molar-refractivity contribution in [2.24, 2.45) is 0 Å². The number of hydrogen-bond acceptors (Lipinski definition) is 2. The Labute approximate surface area is 177 Å². The van der Waals surface area contributed by atoms with Crippen LogP contribution in [0, 0.1) is 0 Å². The van der Waals surface area contributed by atoms with Crippen LogP contribution in [0.25, 0.3) is 0 Å². The average molecular weight is 425 g/mol. The van der Waals surface area contributed by atoms with Crippen molar-refractivity contribution in [2.45, 2.75) is 64.1 Å². The molecule has 1 aliphatic rings. The molecule has 146 valence electrons. The summed E-state index contributed by atoms with van der Waals surface area (Å²) in [6.45, 7) is 1.21. The molecule has 1 aliphatic carbocycles. The molecule has 0 radical (unpaired) electrons. The van der Waals surface area contributed by atoms with Gasteiger partial charge in [-0.2, -0.15) is 0 Å². The van der Waals surface area contributed by atoms with E-state index in [1.54, 1.807) is 12.3 Å². The van der Waals surface area contributed by atoms with Crippen molar-refractivity contribution in [2.75, 3.05) is 0 Å². The van der Waals surface area contributed by atoms with Crippen LogP contribution in [-0.4, -0.2) is 16.1 Å². The number of furan rings is 1. The minimum absolute atomic E-state index is 0.442. The fourth-order valence-corrected chi connectivity index (χ4v) is 4.28. The van der Waals surface area contributed by atoms with Gasteiger partial charge >= 0.3 is 0 Å². The Bertz CT molecular complexity index is 728. The first-order chi connectivity index (χ1) is 13.1. The van der Waals surface area contributed by atoms with Crippen molar-refractivity contribution < 1.29 is 4.42 Å². The van der Waals surface area contributed by atoms with Gasteiger partial charge < -0.3 is 14.6 Å². The molecule has 0 atom stereocenters. The van der Waals surface area contributed by atoms with E-state index in [1.165, 1.54) is 44.9 Å². The molecular weight excluding hydrogens is 399 g/mol. The van der Waals surface area contributed by atoms with Gasteiger partial charge in [-0.3, -0.25) is 0 Å². The third-order valence-corrected chi connectivity index (χ3v) is 5.99. The van der Waals surface area contributed by atoms with Crippen LogP contribution in [-0.2, 0) is 13.1 Å². The first-order valence-electron chi connectivity index (χ1n) is 9.63. The first-order valence-corrected chi connectivity index (χ1v) is 10.8. The zero-order valence-corrected chi connectivity index (χ0v) is 17.8. The Morgan fingerprint density at radius 1 is 1.07 bits per heavy atom.